The lowest BCUT2D eigenvalue weighted by atomic mass is 10.4. The van der Waals surface area contributed by atoms with Crippen LogP contribution in [-0.4, -0.2) is 5.91 Å². The third kappa shape index (κ3) is 0.589. The fourth-order valence-electron chi connectivity index (χ4n) is 1.03. The zero-order valence-electron chi connectivity index (χ0n) is 5.32. The molecule has 2 rings (SSSR count). The number of nitrogens with zero attached hydrogens (tertiary/aromatic N) is 1. The maximum absolute atomic E-state index is 10.9. The van der Waals surface area contributed by atoms with E-state index in [1.54, 1.807) is 16.8 Å². The van der Waals surface area contributed by atoms with E-state index in [-0.39, 0.29) is 5.91 Å². The molecule has 10 heavy (non-hydrogen) atoms. The summed E-state index contributed by atoms with van der Waals surface area (Å²) in [6.07, 6.45) is 5.13. The Morgan fingerprint density at radius 2 is 2.10 bits per heavy atom. The quantitative estimate of drug-likeness (QED) is 0.474. The molecule has 0 unspecified atom stereocenters. The van der Waals surface area contributed by atoms with E-state index in [0.717, 1.165) is 5.69 Å². The number of hydrogen-bond donors (Lipinski definition) is 0. The fourth-order valence-corrected chi connectivity index (χ4v) is 1.03. The predicted octanol–water partition coefficient (Wildman–Crippen LogP) is 0.641. The Labute approximate surface area is 58.4 Å². The van der Waals surface area contributed by atoms with Crippen molar-refractivity contribution >= 4 is 12.0 Å². The molecule has 0 atom stereocenters. The van der Waals surface area contributed by atoms with Gasteiger partial charge in [0.25, 0.3) is 0 Å². The van der Waals surface area contributed by atoms with Gasteiger partial charge in [0, 0.05) is 18.2 Å². The van der Waals surface area contributed by atoms with Crippen LogP contribution in [0.5, 0.6) is 0 Å². The Morgan fingerprint density at radius 1 is 1.20 bits per heavy atom. The molecule has 0 fully saturated rings. The van der Waals surface area contributed by atoms with Gasteiger partial charge in [-0.25, -0.2) is 4.79 Å². The number of fused-ring (bicyclic) bond motifs is 1. The molecular formula is C8H6NO+. The molecule has 1 aromatic rings. The summed E-state index contributed by atoms with van der Waals surface area (Å²) < 4.78 is 1.61. The summed E-state index contributed by atoms with van der Waals surface area (Å²) in [6, 6.07) is 5.66. The number of rotatable bonds is 0. The highest BCUT2D eigenvalue weighted by Crippen LogP contribution is 2.00. The van der Waals surface area contributed by atoms with Crippen LogP contribution in [0.2, 0.25) is 0 Å². The Morgan fingerprint density at radius 3 is 2.90 bits per heavy atom. The van der Waals surface area contributed by atoms with Crippen molar-refractivity contribution in [2.24, 2.45) is 0 Å². The average molecular weight is 132 g/mol. The maximum atomic E-state index is 10.9. The molecule has 0 aliphatic carbocycles. The minimum absolute atomic E-state index is 0.0376. The monoisotopic (exact) mass is 132 g/mol. The van der Waals surface area contributed by atoms with E-state index >= 15 is 0 Å². The molecule has 0 bridgehead atoms. The number of aromatic nitrogens is 1. The lowest BCUT2D eigenvalue weighted by Gasteiger charge is -1.85. The molecule has 2 nitrogen and oxygen atoms in total. The highest BCUT2D eigenvalue weighted by Gasteiger charge is 2.20. The number of pyridine rings is 1. The standard InChI is InChI=1S/C8H6NO/c10-8-5-4-7-3-1-2-6-9(7)8/h1-6H/q+1. The topological polar surface area (TPSA) is 20.9 Å². The fraction of sp³-hybridized carbons (Fsp3) is 0. The first-order valence-electron chi connectivity index (χ1n) is 3.11. The molecule has 0 saturated heterocycles. The summed E-state index contributed by atoms with van der Waals surface area (Å²) in [7, 11) is 0. The second-order valence-electron chi connectivity index (χ2n) is 2.17. The van der Waals surface area contributed by atoms with Gasteiger partial charge in [-0.1, -0.05) is 0 Å². The van der Waals surface area contributed by atoms with Crippen LogP contribution in [0.15, 0.2) is 30.5 Å². The SMILES string of the molecule is O=C1C=Cc2cccc[n+]21. The predicted molar refractivity (Wildman–Crippen MR) is 36.3 cm³/mol. The van der Waals surface area contributed by atoms with Crippen molar-refractivity contribution in [1.82, 2.24) is 0 Å². The Bertz CT molecular complexity index is 315. The van der Waals surface area contributed by atoms with Crippen molar-refractivity contribution in [3.05, 3.63) is 36.2 Å². The summed E-state index contributed by atoms with van der Waals surface area (Å²) in [5.74, 6) is 0.0376. The van der Waals surface area contributed by atoms with E-state index < -0.39 is 0 Å². The molecule has 0 amide bonds. The molecule has 0 N–H and O–H groups in total. The molecule has 2 heteroatoms. The molecule has 2 heterocycles. The summed E-state index contributed by atoms with van der Waals surface area (Å²) in [4.78, 5) is 10.9. The molecule has 48 valence electrons. The average Bonchev–Trinajstić information content (AvgIpc) is 2.34. The van der Waals surface area contributed by atoms with Crippen LogP contribution in [-0.2, 0) is 0 Å². The molecule has 0 aromatic carbocycles. The third-order valence-electron chi connectivity index (χ3n) is 1.53. The van der Waals surface area contributed by atoms with Crippen LogP contribution in [0.25, 0.3) is 6.08 Å². The van der Waals surface area contributed by atoms with Crippen molar-refractivity contribution in [2.75, 3.05) is 0 Å². The highest BCUT2D eigenvalue weighted by atomic mass is 16.2. The Kier molecular flexibility index (Phi) is 0.947. The van der Waals surface area contributed by atoms with E-state index in [1.807, 2.05) is 24.3 Å². The first kappa shape index (κ1) is 5.35. The van der Waals surface area contributed by atoms with Crippen LogP contribution >= 0.6 is 0 Å². The normalized spacial score (nSPS) is 13.8. The van der Waals surface area contributed by atoms with Gasteiger partial charge in [0.15, 0.2) is 6.20 Å². The first-order valence-corrected chi connectivity index (χ1v) is 3.11. The van der Waals surface area contributed by atoms with Gasteiger partial charge in [0.1, 0.15) is 0 Å². The second-order valence-corrected chi connectivity index (χ2v) is 2.17. The Hall–Kier alpha value is -1.44. The lowest BCUT2D eigenvalue weighted by molar-refractivity contribution is -0.569. The molecule has 1 aromatic heterocycles. The molecule has 0 saturated carbocycles. The molecule has 1 aliphatic rings. The highest BCUT2D eigenvalue weighted by molar-refractivity contribution is 5.88. The Balaban J connectivity index is 2.70. The van der Waals surface area contributed by atoms with Gasteiger partial charge in [-0.2, -0.15) is 0 Å². The summed E-state index contributed by atoms with van der Waals surface area (Å²) in [5.41, 5.74) is 0.951. The van der Waals surface area contributed by atoms with Crippen molar-refractivity contribution in [3.8, 4) is 0 Å². The van der Waals surface area contributed by atoms with Crippen LogP contribution < -0.4 is 4.57 Å². The number of carbonyl (C=O) groups is 1. The summed E-state index contributed by atoms with van der Waals surface area (Å²) in [5, 5.41) is 0. The van der Waals surface area contributed by atoms with E-state index in [2.05, 4.69) is 0 Å². The van der Waals surface area contributed by atoms with Gasteiger partial charge >= 0.3 is 5.91 Å². The zero-order chi connectivity index (χ0) is 6.97. The van der Waals surface area contributed by atoms with E-state index in [9.17, 15) is 4.79 Å². The van der Waals surface area contributed by atoms with E-state index in [1.165, 1.54) is 0 Å². The van der Waals surface area contributed by atoms with Gasteiger partial charge in [-0.05, 0) is 6.07 Å². The van der Waals surface area contributed by atoms with E-state index in [0.29, 0.717) is 0 Å². The van der Waals surface area contributed by atoms with Gasteiger partial charge < -0.3 is 0 Å². The minimum atomic E-state index is 0.0376. The van der Waals surface area contributed by atoms with E-state index in [4.69, 9.17) is 0 Å². The number of carbonyl (C=O) groups excluding carboxylic acids is 1. The first-order chi connectivity index (χ1) is 4.88. The number of hydrogen-bond acceptors (Lipinski definition) is 1. The van der Waals surface area contributed by atoms with Crippen molar-refractivity contribution in [2.45, 2.75) is 0 Å². The molecule has 0 radical (unpaired) electrons. The minimum Gasteiger partial charge on any atom is -0.214 e. The van der Waals surface area contributed by atoms with Gasteiger partial charge in [-0.15, -0.1) is 4.57 Å². The van der Waals surface area contributed by atoms with Crippen LogP contribution in [0.3, 0.4) is 0 Å². The molecule has 1 aliphatic heterocycles. The van der Waals surface area contributed by atoms with Gasteiger partial charge in [-0.3, -0.25) is 0 Å². The van der Waals surface area contributed by atoms with Crippen LogP contribution in [0.1, 0.15) is 10.5 Å². The largest absolute Gasteiger partial charge is 0.418 e. The number of allylic oxidation sites excluding steroid dienone is 1. The van der Waals surface area contributed by atoms with Crippen LogP contribution in [0.4, 0.5) is 0 Å². The van der Waals surface area contributed by atoms with Crippen molar-refractivity contribution in [3.63, 3.8) is 0 Å². The second kappa shape index (κ2) is 1.77. The summed E-state index contributed by atoms with van der Waals surface area (Å²) in [6.45, 7) is 0. The van der Waals surface area contributed by atoms with Gasteiger partial charge in [0.05, 0.1) is 6.08 Å². The van der Waals surface area contributed by atoms with Gasteiger partial charge in [0.2, 0.25) is 5.69 Å². The van der Waals surface area contributed by atoms with Crippen molar-refractivity contribution in [1.29, 1.82) is 0 Å². The summed E-state index contributed by atoms with van der Waals surface area (Å²) >= 11 is 0. The lowest BCUT2D eigenvalue weighted by Crippen LogP contribution is -2.39. The third-order valence-corrected chi connectivity index (χ3v) is 1.53. The van der Waals surface area contributed by atoms with Crippen LogP contribution in [0, 0.1) is 0 Å². The van der Waals surface area contributed by atoms with Crippen molar-refractivity contribution < 1.29 is 9.36 Å². The molecular weight excluding hydrogens is 126 g/mol. The zero-order valence-corrected chi connectivity index (χ0v) is 5.32. The maximum Gasteiger partial charge on any atom is 0.418 e. The molecule has 0 spiro atoms. The smallest absolute Gasteiger partial charge is 0.214 e.